The number of carbonyl (C=O) groups excluding carboxylic acids is 3. The monoisotopic (exact) mass is 554 g/mol. The number of halogens is 1. The maximum atomic E-state index is 13.3. The normalized spacial score (nSPS) is 17.1. The molecule has 3 heterocycles. The standard InChI is InChI=1S/C26H27BrN4O5/c1-4-36-26(35)21-15(2)19(16(3)29-21)23(32)20-22(17-7-5-8-18(27)13-17)31(25(34)24(20)33)11-6-10-30-12-9-28-14-30/h5,7-9,12-14,22,29,32H,4,6,10-11H2,1-3H3/b23-20+/t22-/m1/s1. The van der Waals surface area contributed by atoms with Crippen molar-refractivity contribution < 1.29 is 24.2 Å². The highest BCUT2D eigenvalue weighted by Gasteiger charge is 2.46. The maximum Gasteiger partial charge on any atom is 0.355 e. The van der Waals surface area contributed by atoms with E-state index in [1.54, 1.807) is 33.3 Å². The van der Waals surface area contributed by atoms with E-state index in [2.05, 4.69) is 25.9 Å². The van der Waals surface area contributed by atoms with E-state index in [9.17, 15) is 19.5 Å². The van der Waals surface area contributed by atoms with Crippen molar-refractivity contribution in [3.63, 3.8) is 0 Å². The average Bonchev–Trinajstić information content (AvgIpc) is 3.52. The highest BCUT2D eigenvalue weighted by atomic mass is 79.9. The van der Waals surface area contributed by atoms with Gasteiger partial charge in [-0.15, -0.1) is 0 Å². The molecule has 9 nitrogen and oxygen atoms in total. The number of imidazole rings is 1. The Morgan fingerprint density at radius 3 is 2.69 bits per heavy atom. The number of carbonyl (C=O) groups is 3. The topological polar surface area (TPSA) is 118 Å². The predicted octanol–water partition coefficient (Wildman–Crippen LogP) is 4.28. The van der Waals surface area contributed by atoms with Crippen molar-refractivity contribution in [1.82, 2.24) is 19.4 Å². The van der Waals surface area contributed by atoms with Crippen LogP contribution in [0.25, 0.3) is 5.76 Å². The molecule has 0 aliphatic carbocycles. The van der Waals surface area contributed by atoms with Crippen LogP contribution in [0.5, 0.6) is 0 Å². The number of H-pyrrole nitrogens is 1. The van der Waals surface area contributed by atoms with Gasteiger partial charge >= 0.3 is 5.97 Å². The summed E-state index contributed by atoms with van der Waals surface area (Å²) < 4.78 is 7.78. The molecule has 2 N–H and O–H groups in total. The van der Waals surface area contributed by atoms with Crippen molar-refractivity contribution in [2.75, 3.05) is 13.2 Å². The number of esters is 1. The number of aliphatic hydroxyl groups excluding tert-OH is 1. The lowest BCUT2D eigenvalue weighted by atomic mass is 9.94. The van der Waals surface area contributed by atoms with Gasteiger partial charge < -0.3 is 24.3 Å². The zero-order chi connectivity index (χ0) is 26.0. The first kappa shape index (κ1) is 25.4. The van der Waals surface area contributed by atoms with Gasteiger partial charge in [0.1, 0.15) is 11.5 Å². The van der Waals surface area contributed by atoms with E-state index >= 15 is 0 Å². The van der Waals surface area contributed by atoms with E-state index in [-0.39, 0.29) is 23.6 Å². The highest BCUT2D eigenvalue weighted by molar-refractivity contribution is 9.10. The molecule has 1 atom stereocenters. The highest BCUT2D eigenvalue weighted by Crippen LogP contribution is 2.41. The molecular weight excluding hydrogens is 528 g/mol. The number of nitrogens with one attached hydrogen (secondary N) is 1. The van der Waals surface area contributed by atoms with Crippen molar-refractivity contribution >= 4 is 39.3 Å². The fourth-order valence-corrected chi connectivity index (χ4v) is 5.04. The second-order valence-electron chi connectivity index (χ2n) is 8.55. The van der Waals surface area contributed by atoms with Crippen molar-refractivity contribution in [2.24, 2.45) is 0 Å². The fourth-order valence-electron chi connectivity index (χ4n) is 4.62. The molecule has 0 unspecified atom stereocenters. The average molecular weight is 555 g/mol. The number of likely N-dealkylation sites (tertiary alicyclic amines) is 1. The molecule has 0 spiro atoms. The summed E-state index contributed by atoms with van der Waals surface area (Å²) in [6.07, 6.45) is 5.79. The lowest BCUT2D eigenvalue weighted by Gasteiger charge is -2.25. The smallest absolute Gasteiger partial charge is 0.355 e. The van der Waals surface area contributed by atoms with Gasteiger partial charge in [-0.1, -0.05) is 28.1 Å². The van der Waals surface area contributed by atoms with E-state index in [0.717, 1.165) is 4.47 Å². The third-order valence-electron chi connectivity index (χ3n) is 6.23. The number of benzene rings is 1. The lowest BCUT2D eigenvalue weighted by Crippen LogP contribution is -2.31. The van der Waals surface area contributed by atoms with Crippen molar-refractivity contribution in [2.45, 2.75) is 39.8 Å². The number of hydrogen-bond donors (Lipinski definition) is 2. The Morgan fingerprint density at radius 1 is 1.25 bits per heavy atom. The first-order valence-corrected chi connectivity index (χ1v) is 12.4. The zero-order valence-electron chi connectivity index (χ0n) is 20.2. The molecule has 1 fully saturated rings. The van der Waals surface area contributed by atoms with Crippen LogP contribution in [0, 0.1) is 13.8 Å². The van der Waals surface area contributed by atoms with Crippen molar-refractivity contribution in [1.29, 1.82) is 0 Å². The van der Waals surface area contributed by atoms with E-state index < -0.39 is 23.7 Å². The number of amides is 1. The number of nitrogens with zero attached hydrogens (tertiary/aromatic N) is 3. The number of aryl methyl sites for hydroxylation is 2. The Labute approximate surface area is 216 Å². The second kappa shape index (κ2) is 10.5. The molecule has 1 aromatic carbocycles. The molecular formula is C26H27BrN4O5. The van der Waals surface area contributed by atoms with Crippen LogP contribution < -0.4 is 0 Å². The minimum Gasteiger partial charge on any atom is -0.507 e. The van der Waals surface area contributed by atoms with E-state index in [1.165, 1.54) is 4.90 Å². The predicted molar refractivity (Wildman–Crippen MR) is 136 cm³/mol. The largest absolute Gasteiger partial charge is 0.507 e. The van der Waals surface area contributed by atoms with Crippen LogP contribution in [0.1, 0.15) is 52.3 Å². The molecule has 1 aliphatic rings. The Hall–Kier alpha value is -3.66. The number of ether oxygens (including phenoxy) is 1. The first-order chi connectivity index (χ1) is 17.2. The Kier molecular flexibility index (Phi) is 7.44. The third kappa shape index (κ3) is 4.73. The zero-order valence-corrected chi connectivity index (χ0v) is 21.8. The quantitative estimate of drug-likeness (QED) is 0.186. The Morgan fingerprint density at radius 2 is 2.03 bits per heavy atom. The van der Waals surface area contributed by atoms with E-state index in [4.69, 9.17) is 4.74 Å². The van der Waals surface area contributed by atoms with Gasteiger partial charge in [0, 0.05) is 41.2 Å². The summed E-state index contributed by atoms with van der Waals surface area (Å²) in [5.74, 6) is -2.32. The molecule has 4 rings (SSSR count). The lowest BCUT2D eigenvalue weighted by molar-refractivity contribution is -0.139. The van der Waals surface area contributed by atoms with E-state index in [1.807, 2.05) is 35.0 Å². The molecule has 0 bridgehead atoms. The third-order valence-corrected chi connectivity index (χ3v) is 6.73. The number of Topliss-reactive ketones (excluding diaryl/α,β-unsaturated/α-hetero) is 1. The molecule has 188 valence electrons. The van der Waals surface area contributed by atoms with Gasteiger partial charge in [-0.2, -0.15) is 0 Å². The van der Waals surface area contributed by atoms with Gasteiger partial charge in [-0.3, -0.25) is 9.59 Å². The Bertz CT molecular complexity index is 1340. The number of aromatic amines is 1. The van der Waals surface area contributed by atoms with Crippen LogP contribution in [0.15, 0.2) is 53.0 Å². The van der Waals surface area contributed by atoms with Gasteiger partial charge in [0.05, 0.1) is 24.5 Å². The molecule has 1 aliphatic heterocycles. The number of ketones is 1. The molecule has 10 heteroatoms. The minimum absolute atomic E-state index is 0.0126. The molecule has 3 aromatic rings. The SMILES string of the molecule is CCOC(=O)c1[nH]c(C)c(/C(O)=C2\C(=O)C(=O)N(CCCn3ccnc3)[C@@H]2c2cccc(Br)c2)c1C. The number of rotatable bonds is 8. The van der Waals surface area contributed by atoms with Gasteiger partial charge in [-0.05, 0) is 50.5 Å². The van der Waals surface area contributed by atoms with Crippen molar-refractivity contribution in [3.05, 3.63) is 81.1 Å². The number of hydrogen-bond acceptors (Lipinski definition) is 6. The van der Waals surface area contributed by atoms with Crippen LogP contribution in [0.4, 0.5) is 0 Å². The Balaban J connectivity index is 1.79. The van der Waals surface area contributed by atoms with Crippen molar-refractivity contribution in [3.8, 4) is 0 Å². The molecule has 1 saturated heterocycles. The first-order valence-electron chi connectivity index (χ1n) is 11.6. The van der Waals surface area contributed by atoms with E-state index in [0.29, 0.717) is 41.9 Å². The summed E-state index contributed by atoms with van der Waals surface area (Å²) >= 11 is 3.46. The number of aliphatic hydroxyl groups is 1. The minimum atomic E-state index is -0.787. The van der Waals surface area contributed by atoms with Crippen LogP contribution in [-0.2, 0) is 20.9 Å². The van der Waals surface area contributed by atoms with Crippen LogP contribution in [-0.4, -0.2) is 55.4 Å². The molecule has 0 saturated carbocycles. The summed E-state index contributed by atoms with van der Waals surface area (Å²) in [7, 11) is 0. The van der Waals surface area contributed by atoms with Gasteiger partial charge in [0.15, 0.2) is 0 Å². The summed E-state index contributed by atoms with van der Waals surface area (Å²) in [4.78, 5) is 47.4. The van der Waals surface area contributed by atoms with Crippen LogP contribution in [0.3, 0.4) is 0 Å². The maximum absolute atomic E-state index is 13.3. The summed E-state index contributed by atoms with van der Waals surface area (Å²) in [6.45, 7) is 6.18. The van der Waals surface area contributed by atoms with Crippen LogP contribution >= 0.6 is 15.9 Å². The summed E-state index contributed by atoms with van der Waals surface area (Å²) in [5, 5.41) is 11.5. The fraction of sp³-hybridized carbons (Fsp3) is 0.308. The second-order valence-corrected chi connectivity index (χ2v) is 9.46. The summed E-state index contributed by atoms with van der Waals surface area (Å²) in [6, 6.07) is 6.52. The summed E-state index contributed by atoms with van der Waals surface area (Å²) in [5.41, 5.74) is 2.12. The van der Waals surface area contributed by atoms with Crippen LogP contribution in [0.2, 0.25) is 0 Å². The number of aromatic nitrogens is 3. The molecule has 36 heavy (non-hydrogen) atoms. The molecule has 0 radical (unpaired) electrons. The van der Waals surface area contributed by atoms with Gasteiger partial charge in [0.2, 0.25) is 0 Å². The molecule has 2 aromatic heterocycles. The van der Waals surface area contributed by atoms with Gasteiger partial charge in [0.25, 0.3) is 11.7 Å². The van der Waals surface area contributed by atoms with Gasteiger partial charge in [-0.25, -0.2) is 9.78 Å². The molecule has 1 amide bonds.